The van der Waals surface area contributed by atoms with Crippen molar-refractivity contribution >= 4 is 17.5 Å². The molecule has 142 valence electrons. The minimum atomic E-state index is -0.253. The highest BCUT2D eigenvalue weighted by Gasteiger charge is 2.28. The van der Waals surface area contributed by atoms with Crippen LogP contribution in [0.4, 0.5) is 0 Å². The van der Waals surface area contributed by atoms with Crippen LogP contribution in [0.25, 0.3) is 0 Å². The third kappa shape index (κ3) is 4.10. The van der Waals surface area contributed by atoms with Crippen LogP contribution in [0.15, 0.2) is 33.8 Å². The van der Waals surface area contributed by atoms with Gasteiger partial charge in [0, 0.05) is 29.2 Å². The Morgan fingerprint density at radius 3 is 2.63 bits per heavy atom. The Labute approximate surface area is 159 Å². The van der Waals surface area contributed by atoms with Crippen LogP contribution in [0.2, 0.25) is 0 Å². The second-order valence-electron chi connectivity index (χ2n) is 7.20. The van der Waals surface area contributed by atoms with E-state index in [1.165, 1.54) is 0 Å². The first kappa shape index (κ1) is 18.9. The molecule has 27 heavy (non-hydrogen) atoms. The van der Waals surface area contributed by atoms with Crippen LogP contribution in [0.5, 0.6) is 0 Å². The average Bonchev–Trinajstić information content (AvgIpc) is 2.97. The maximum absolute atomic E-state index is 12.4. The Kier molecular flexibility index (Phi) is 5.44. The lowest BCUT2D eigenvalue weighted by molar-refractivity contribution is 0.0911. The highest BCUT2D eigenvalue weighted by atomic mass is 16.4. The molecule has 2 aromatic rings. The van der Waals surface area contributed by atoms with Crippen molar-refractivity contribution in [1.82, 2.24) is 10.7 Å². The smallest absolute Gasteiger partial charge is 0.287 e. The summed E-state index contributed by atoms with van der Waals surface area (Å²) in [6, 6.07) is 7.39. The third-order valence-corrected chi connectivity index (χ3v) is 4.52. The predicted molar refractivity (Wildman–Crippen MR) is 104 cm³/mol. The first-order valence-electron chi connectivity index (χ1n) is 9.24. The minimum absolute atomic E-state index is 0.0285. The van der Waals surface area contributed by atoms with E-state index in [9.17, 15) is 9.59 Å². The van der Waals surface area contributed by atoms with Crippen molar-refractivity contribution in [2.45, 2.75) is 53.0 Å². The van der Waals surface area contributed by atoms with E-state index in [-0.39, 0.29) is 17.9 Å². The van der Waals surface area contributed by atoms with Crippen molar-refractivity contribution < 1.29 is 14.0 Å². The fourth-order valence-electron chi connectivity index (χ4n) is 3.29. The lowest BCUT2D eigenvalue weighted by atomic mass is 9.93. The molecule has 1 aliphatic carbocycles. The van der Waals surface area contributed by atoms with Crippen molar-refractivity contribution in [1.29, 1.82) is 0 Å². The summed E-state index contributed by atoms with van der Waals surface area (Å²) in [5, 5.41) is 7.21. The van der Waals surface area contributed by atoms with Gasteiger partial charge in [-0.3, -0.25) is 9.59 Å². The van der Waals surface area contributed by atoms with Crippen molar-refractivity contribution in [3.8, 4) is 0 Å². The molecule has 1 aromatic heterocycles. The zero-order valence-electron chi connectivity index (χ0n) is 16.2. The Morgan fingerprint density at radius 1 is 1.15 bits per heavy atom. The van der Waals surface area contributed by atoms with Gasteiger partial charge in [0.1, 0.15) is 5.76 Å². The van der Waals surface area contributed by atoms with E-state index >= 15 is 0 Å². The molecule has 0 spiro atoms. The number of rotatable bonds is 4. The summed E-state index contributed by atoms with van der Waals surface area (Å²) in [7, 11) is 0. The topological polar surface area (TPSA) is 83.7 Å². The van der Waals surface area contributed by atoms with Gasteiger partial charge in [-0.15, -0.1) is 0 Å². The number of amides is 2. The van der Waals surface area contributed by atoms with Crippen LogP contribution >= 0.6 is 0 Å². The largest absolute Gasteiger partial charge is 0.455 e. The van der Waals surface area contributed by atoms with Gasteiger partial charge in [0.25, 0.3) is 11.8 Å². The van der Waals surface area contributed by atoms with Crippen LogP contribution in [0.3, 0.4) is 0 Å². The Hall–Kier alpha value is -2.89. The quantitative estimate of drug-likeness (QED) is 0.811. The Bertz CT molecular complexity index is 909. The first-order valence-corrected chi connectivity index (χ1v) is 9.24. The number of carbonyl (C=O) groups is 2. The number of aryl methyl sites for hydroxylation is 2. The number of furan rings is 1. The molecule has 3 rings (SSSR count). The van der Waals surface area contributed by atoms with Gasteiger partial charge in [0.2, 0.25) is 0 Å². The molecule has 0 bridgehead atoms. The summed E-state index contributed by atoms with van der Waals surface area (Å²) < 4.78 is 5.83. The number of nitrogens with one attached hydrogen (secondary N) is 2. The lowest BCUT2D eigenvalue weighted by Gasteiger charge is -2.13. The normalized spacial score (nSPS) is 14.9. The molecule has 0 radical (unpaired) electrons. The lowest BCUT2D eigenvalue weighted by Crippen LogP contribution is -2.30. The summed E-state index contributed by atoms with van der Waals surface area (Å²) in [4.78, 5) is 24.7. The molecule has 0 unspecified atom stereocenters. The molecular formula is C21H25N3O3. The van der Waals surface area contributed by atoms with E-state index in [1.54, 1.807) is 6.07 Å². The molecule has 0 fully saturated rings. The fraction of sp³-hybridized carbons (Fsp3) is 0.381. The molecule has 1 aromatic carbocycles. The van der Waals surface area contributed by atoms with Crippen LogP contribution in [0.1, 0.15) is 70.1 Å². The predicted octanol–water partition coefficient (Wildman–Crippen LogP) is 3.51. The monoisotopic (exact) mass is 367 g/mol. The van der Waals surface area contributed by atoms with Gasteiger partial charge >= 0.3 is 0 Å². The van der Waals surface area contributed by atoms with Crippen molar-refractivity contribution in [2.75, 3.05) is 0 Å². The number of benzene rings is 1. The van der Waals surface area contributed by atoms with Gasteiger partial charge in [-0.2, -0.15) is 5.10 Å². The number of hydrazone groups is 1. The number of fused-ring (bicyclic) bond motifs is 1. The van der Waals surface area contributed by atoms with E-state index < -0.39 is 0 Å². The zero-order valence-corrected chi connectivity index (χ0v) is 16.2. The average molecular weight is 367 g/mol. The Morgan fingerprint density at radius 2 is 1.93 bits per heavy atom. The molecular weight excluding hydrogens is 342 g/mol. The third-order valence-electron chi connectivity index (χ3n) is 4.52. The standard InChI is InChI=1S/C21H25N3O3/c1-12(2)22-21(26)19-14(4)18-16(9-6-10-17(18)27-19)23-24-20(25)15-8-5-7-13(3)11-15/h5,7-8,11-12H,6,9-10H2,1-4H3,(H,22,26)(H,24,25)/b23-16+. The number of hydrogen-bond acceptors (Lipinski definition) is 4. The van der Waals surface area contributed by atoms with Crippen molar-refractivity contribution in [3.05, 3.63) is 58.0 Å². The molecule has 1 heterocycles. The maximum Gasteiger partial charge on any atom is 0.287 e. The zero-order chi connectivity index (χ0) is 19.6. The maximum atomic E-state index is 12.4. The summed E-state index contributed by atoms with van der Waals surface area (Å²) >= 11 is 0. The highest BCUT2D eigenvalue weighted by molar-refractivity contribution is 6.07. The van der Waals surface area contributed by atoms with E-state index in [0.29, 0.717) is 11.3 Å². The summed E-state index contributed by atoms with van der Waals surface area (Å²) in [5.41, 5.74) is 6.59. The van der Waals surface area contributed by atoms with Crippen LogP contribution in [0, 0.1) is 13.8 Å². The van der Waals surface area contributed by atoms with E-state index in [4.69, 9.17) is 4.42 Å². The van der Waals surface area contributed by atoms with Gasteiger partial charge in [-0.05, 0) is 52.7 Å². The number of nitrogens with zero attached hydrogens (tertiary/aromatic N) is 1. The molecule has 6 heteroatoms. The summed E-state index contributed by atoms with van der Waals surface area (Å²) in [5.74, 6) is 0.613. The molecule has 6 nitrogen and oxygen atoms in total. The van der Waals surface area contributed by atoms with Crippen molar-refractivity contribution in [2.24, 2.45) is 5.10 Å². The van der Waals surface area contributed by atoms with Crippen molar-refractivity contribution in [3.63, 3.8) is 0 Å². The van der Waals surface area contributed by atoms with E-state index in [1.807, 2.05) is 45.9 Å². The van der Waals surface area contributed by atoms with Gasteiger partial charge in [0.05, 0.1) is 5.71 Å². The second-order valence-corrected chi connectivity index (χ2v) is 7.20. The highest BCUT2D eigenvalue weighted by Crippen LogP contribution is 2.29. The molecule has 0 saturated heterocycles. The first-order chi connectivity index (χ1) is 12.9. The number of carbonyl (C=O) groups excluding carboxylic acids is 2. The minimum Gasteiger partial charge on any atom is -0.455 e. The second kappa shape index (κ2) is 7.78. The Balaban J connectivity index is 1.85. The molecule has 0 aliphatic heterocycles. The molecule has 2 N–H and O–H groups in total. The molecule has 0 atom stereocenters. The SMILES string of the molecule is Cc1cccc(C(=O)N/N=C2\CCCc3oc(C(=O)NC(C)C)c(C)c32)c1. The molecule has 0 saturated carbocycles. The van der Waals surface area contributed by atoms with E-state index in [0.717, 1.165) is 47.4 Å². The van der Waals surface area contributed by atoms with Crippen LogP contribution < -0.4 is 10.7 Å². The molecule has 1 aliphatic rings. The number of hydrogen-bond donors (Lipinski definition) is 2. The summed E-state index contributed by atoms with van der Waals surface area (Å²) in [6.07, 6.45) is 2.35. The van der Waals surface area contributed by atoms with Gasteiger partial charge in [-0.25, -0.2) is 5.43 Å². The fourth-order valence-corrected chi connectivity index (χ4v) is 3.29. The van der Waals surface area contributed by atoms with Gasteiger partial charge in [0.15, 0.2) is 5.76 Å². The van der Waals surface area contributed by atoms with Crippen LogP contribution in [-0.2, 0) is 6.42 Å². The van der Waals surface area contributed by atoms with Gasteiger partial charge < -0.3 is 9.73 Å². The summed E-state index contributed by atoms with van der Waals surface area (Å²) in [6.45, 7) is 7.61. The van der Waals surface area contributed by atoms with Gasteiger partial charge in [-0.1, -0.05) is 17.7 Å². The van der Waals surface area contributed by atoms with Crippen LogP contribution in [-0.4, -0.2) is 23.6 Å². The molecule has 2 amide bonds. The van der Waals surface area contributed by atoms with E-state index in [2.05, 4.69) is 15.8 Å².